The average Bonchev–Trinajstić information content (AvgIpc) is 3.34. The van der Waals surface area contributed by atoms with Gasteiger partial charge < -0.3 is 52.0 Å². The van der Waals surface area contributed by atoms with Crippen LogP contribution in [0.25, 0.3) is 10.8 Å². The molecule has 0 N–H and O–H groups in total. The monoisotopic (exact) mass is 617 g/mol. The van der Waals surface area contributed by atoms with Crippen molar-refractivity contribution in [2.45, 2.75) is 59.8 Å². The van der Waals surface area contributed by atoms with Crippen LogP contribution in [0.3, 0.4) is 0 Å². The molecule has 0 aliphatic heterocycles. The van der Waals surface area contributed by atoms with Crippen LogP contribution in [0.2, 0.25) is 0 Å². The molecule has 1 heteroatoms. The van der Waals surface area contributed by atoms with E-state index in [4.69, 9.17) is 0 Å². The molecule has 0 atom stereocenters. The molecule has 0 radical (unpaired) electrons. The molecule has 3 aromatic carbocycles. The standard InChI is InChI=1S/C20H27.C5H5.7CH3.Hf/c1-5-20(6-2)12-17-10-16-8-7-15(9-14(3)4)19(16)11-18(17)13-20;1-2-4-5-3-1;;;;;;;;/h7-8,10-11,14H,5-6,9,12-13H2,1-4H3;1-5H;7*1H3;/q9*-1;. The molecule has 0 aromatic heterocycles. The molecule has 33 heavy (non-hydrogen) atoms. The third-order valence-corrected chi connectivity index (χ3v) is 6.00. The maximum Gasteiger partial charge on any atom is 0 e. The van der Waals surface area contributed by atoms with E-state index in [0.29, 0.717) is 5.41 Å². The van der Waals surface area contributed by atoms with E-state index in [-0.39, 0.29) is 77.8 Å². The molecule has 1 aliphatic carbocycles. The van der Waals surface area contributed by atoms with Gasteiger partial charge in [-0.3, -0.25) is 0 Å². The fourth-order valence-corrected chi connectivity index (χ4v) is 4.29. The summed E-state index contributed by atoms with van der Waals surface area (Å²) in [7, 11) is 0. The minimum Gasteiger partial charge on any atom is -0.358 e. The smallest absolute Gasteiger partial charge is 0 e. The largest absolute Gasteiger partial charge is 0.358 e. The predicted molar refractivity (Wildman–Crippen MR) is 155 cm³/mol. The minimum absolute atomic E-state index is 0. The van der Waals surface area contributed by atoms with Gasteiger partial charge in [0.25, 0.3) is 0 Å². The molecular formula is C32H53Hf-9. The third kappa shape index (κ3) is 10.9. The third-order valence-electron chi connectivity index (χ3n) is 6.00. The van der Waals surface area contributed by atoms with Crippen molar-refractivity contribution < 1.29 is 25.8 Å². The fraction of sp³-hybridized carbons (Fsp3) is 0.344. The fourth-order valence-electron chi connectivity index (χ4n) is 4.29. The SMILES string of the molecule is CCC1(CC)Cc2cc3cc[c-](CC(C)C)c3cc2C1.[CH3-].[CH3-].[CH3-].[CH3-].[CH3-].[CH3-].[CH3-].[Hf].c1cc[cH-]c1. The number of hydrogen-bond donors (Lipinski definition) is 0. The number of benzene rings is 1. The Labute approximate surface area is 230 Å². The maximum atomic E-state index is 2.51. The quantitative estimate of drug-likeness (QED) is 0.202. The molecule has 1 aliphatic rings. The molecule has 0 unspecified atom stereocenters. The maximum absolute atomic E-state index is 2.51. The molecule has 0 nitrogen and oxygen atoms in total. The molecule has 0 saturated heterocycles. The van der Waals surface area contributed by atoms with E-state index in [1.165, 1.54) is 42.9 Å². The number of hydrogen-bond acceptors (Lipinski definition) is 0. The summed E-state index contributed by atoms with van der Waals surface area (Å²) < 4.78 is 0. The summed E-state index contributed by atoms with van der Waals surface area (Å²) in [5.74, 6) is 0.735. The van der Waals surface area contributed by atoms with Gasteiger partial charge in [0, 0.05) is 25.8 Å². The van der Waals surface area contributed by atoms with Crippen LogP contribution in [0.4, 0.5) is 0 Å². The number of rotatable bonds is 4. The van der Waals surface area contributed by atoms with Crippen LogP contribution >= 0.6 is 0 Å². The molecule has 0 bridgehead atoms. The summed E-state index contributed by atoms with van der Waals surface area (Å²) in [6, 6.07) is 19.6. The Morgan fingerprint density at radius 1 is 0.848 bits per heavy atom. The Balaban J connectivity index is -0.000000126. The topological polar surface area (TPSA) is 0 Å². The van der Waals surface area contributed by atoms with E-state index in [1.54, 1.807) is 16.7 Å². The van der Waals surface area contributed by atoms with Crippen LogP contribution in [0.1, 0.15) is 57.2 Å². The van der Waals surface area contributed by atoms with E-state index < -0.39 is 0 Å². The first-order valence-electron chi connectivity index (χ1n) is 9.93. The van der Waals surface area contributed by atoms with E-state index in [2.05, 4.69) is 52.0 Å². The van der Waals surface area contributed by atoms with Gasteiger partial charge >= 0.3 is 0 Å². The summed E-state index contributed by atoms with van der Waals surface area (Å²) in [4.78, 5) is 0. The van der Waals surface area contributed by atoms with Crippen LogP contribution in [-0.4, -0.2) is 0 Å². The summed E-state index contributed by atoms with van der Waals surface area (Å²) in [5, 5.41) is 2.97. The Bertz CT molecular complexity index is 768. The minimum atomic E-state index is 0. The van der Waals surface area contributed by atoms with Crippen molar-refractivity contribution in [2.24, 2.45) is 11.3 Å². The van der Waals surface area contributed by atoms with Gasteiger partial charge in [0.2, 0.25) is 0 Å². The van der Waals surface area contributed by atoms with Gasteiger partial charge in [-0.05, 0) is 31.1 Å². The van der Waals surface area contributed by atoms with Crippen LogP contribution in [0, 0.1) is 63.3 Å². The van der Waals surface area contributed by atoms with Gasteiger partial charge in [-0.25, -0.2) is 12.1 Å². The van der Waals surface area contributed by atoms with E-state index in [0.717, 1.165) is 5.92 Å². The molecule has 4 rings (SSSR count). The van der Waals surface area contributed by atoms with Crippen molar-refractivity contribution in [2.75, 3.05) is 0 Å². The van der Waals surface area contributed by atoms with Crippen LogP contribution < -0.4 is 0 Å². The van der Waals surface area contributed by atoms with E-state index in [9.17, 15) is 0 Å². The van der Waals surface area contributed by atoms with Gasteiger partial charge in [0.1, 0.15) is 0 Å². The van der Waals surface area contributed by atoms with Gasteiger partial charge in [-0.2, -0.15) is 24.3 Å². The molecule has 0 amide bonds. The van der Waals surface area contributed by atoms with Gasteiger partial charge in [-0.1, -0.05) is 51.2 Å². The van der Waals surface area contributed by atoms with E-state index >= 15 is 0 Å². The van der Waals surface area contributed by atoms with Crippen molar-refractivity contribution in [3.8, 4) is 0 Å². The second-order valence-corrected chi connectivity index (χ2v) is 8.19. The zero-order valence-electron chi connectivity index (χ0n) is 23.8. The van der Waals surface area contributed by atoms with Crippen molar-refractivity contribution in [3.05, 3.63) is 123 Å². The first-order valence-corrected chi connectivity index (χ1v) is 9.93. The van der Waals surface area contributed by atoms with Crippen LogP contribution in [-0.2, 0) is 45.1 Å². The Morgan fingerprint density at radius 3 is 1.73 bits per heavy atom. The summed E-state index contributed by atoms with van der Waals surface area (Å²) in [6.45, 7) is 9.34. The summed E-state index contributed by atoms with van der Waals surface area (Å²) >= 11 is 0. The first-order chi connectivity index (χ1) is 12.1. The zero-order chi connectivity index (χ0) is 17.9. The molecule has 0 fully saturated rings. The van der Waals surface area contributed by atoms with Crippen molar-refractivity contribution >= 4 is 10.8 Å². The van der Waals surface area contributed by atoms with Gasteiger partial charge in [0.05, 0.1) is 0 Å². The molecule has 3 aromatic rings. The Kier molecular flexibility index (Phi) is 28.2. The Hall–Kier alpha value is -0.950. The molecule has 194 valence electrons. The second kappa shape index (κ2) is 20.4. The summed E-state index contributed by atoms with van der Waals surface area (Å²) in [5.41, 5.74) is 5.32. The van der Waals surface area contributed by atoms with Gasteiger partial charge in [-0.15, -0.1) is 34.5 Å². The molecule has 0 spiro atoms. The molecular weight excluding hydrogens is 563 g/mol. The van der Waals surface area contributed by atoms with Crippen LogP contribution in [0.15, 0.2) is 54.6 Å². The van der Waals surface area contributed by atoms with E-state index in [1.807, 2.05) is 30.3 Å². The van der Waals surface area contributed by atoms with Gasteiger partial charge in [0.15, 0.2) is 0 Å². The molecule has 0 heterocycles. The second-order valence-electron chi connectivity index (χ2n) is 8.19. The predicted octanol–water partition coefficient (Wildman–Crippen LogP) is 10.2. The Morgan fingerprint density at radius 2 is 1.33 bits per heavy atom. The van der Waals surface area contributed by atoms with Crippen LogP contribution in [0.5, 0.6) is 0 Å². The van der Waals surface area contributed by atoms with Crippen molar-refractivity contribution in [1.82, 2.24) is 0 Å². The van der Waals surface area contributed by atoms with Crippen molar-refractivity contribution in [1.29, 1.82) is 0 Å². The number of fused-ring (bicyclic) bond motifs is 2. The van der Waals surface area contributed by atoms with Crippen molar-refractivity contribution in [3.63, 3.8) is 0 Å². The average molecular weight is 616 g/mol. The summed E-state index contributed by atoms with van der Waals surface area (Å²) in [6.07, 6.45) is 6.39. The first kappa shape index (κ1) is 45.5. The normalized spacial score (nSPS) is 11.5. The zero-order valence-corrected chi connectivity index (χ0v) is 27.4. The molecule has 0 saturated carbocycles.